The fourth-order valence-electron chi connectivity index (χ4n) is 1.35. The molecule has 104 valence electrons. The summed E-state index contributed by atoms with van der Waals surface area (Å²) >= 11 is 2.82. The molecular weight excluding hydrogens is 330 g/mol. The number of esters is 1. The highest BCUT2D eigenvalue weighted by Gasteiger charge is 2.28. The average Bonchev–Trinajstić information content (AvgIpc) is 2.27. The normalized spacial score (nSPS) is 10.6. The van der Waals surface area contributed by atoms with Crippen molar-refractivity contribution in [3.63, 3.8) is 0 Å². The molecule has 0 aliphatic rings. The summed E-state index contributed by atoms with van der Waals surface area (Å²) in [5.74, 6) is -1.61. The minimum atomic E-state index is -3.04. The quantitative estimate of drug-likeness (QED) is 0.468. The zero-order valence-corrected chi connectivity index (χ0v) is 11.3. The fraction of sp³-hybridized carbons (Fsp3) is 0.400. The second-order valence-electron chi connectivity index (χ2n) is 3.37. The van der Waals surface area contributed by atoms with E-state index in [1.54, 1.807) is 6.92 Å². The van der Waals surface area contributed by atoms with Crippen LogP contribution in [-0.4, -0.2) is 22.5 Å². The van der Waals surface area contributed by atoms with Crippen molar-refractivity contribution in [1.82, 2.24) is 4.98 Å². The van der Waals surface area contributed by atoms with E-state index in [2.05, 4.69) is 25.7 Å². The number of hydrogen-bond acceptors (Lipinski definition) is 5. The molecule has 0 bridgehead atoms. The number of hydrogen-bond donors (Lipinski definition) is 0. The third-order valence-electron chi connectivity index (χ3n) is 2.06. The molecule has 9 heteroatoms. The van der Waals surface area contributed by atoms with E-state index in [1.165, 1.54) is 0 Å². The van der Waals surface area contributed by atoms with Gasteiger partial charge in [0.1, 0.15) is 12.0 Å². The number of alkyl halides is 2. The Labute approximate surface area is 115 Å². The number of rotatable bonds is 5. The number of ether oxygens (including phenoxy) is 1. The molecular formula is C10H9BrF2N2O4. The van der Waals surface area contributed by atoms with E-state index in [0.717, 1.165) is 6.07 Å². The van der Waals surface area contributed by atoms with E-state index in [0.29, 0.717) is 0 Å². The van der Waals surface area contributed by atoms with Crippen molar-refractivity contribution >= 4 is 27.7 Å². The monoisotopic (exact) mass is 338 g/mol. The summed E-state index contributed by atoms with van der Waals surface area (Å²) in [7, 11) is 0. The Bertz CT molecular complexity index is 511. The van der Waals surface area contributed by atoms with Crippen LogP contribution in [0.25, 0.3) is 0 Å². The van der Waals surface area contributed by atoms with Gasteiger partial charge >= 0.3 is 11.8 Å². The van der Waals surface area contributed by atoms with Crippen LogP contribution in [-0.2, 0) is 16.0 Å². The van der Waals surface area contributed by atoms with Crippen molar-refractivity contribution in [2.24, 2.45) is 0 Å². The van der Waals surface area contributed by atoms with Crippen molar-refractivity contribution < 1.29 is 23.2 Å². The Morgan fingerprint density at radius 3 is 2.74 bits per heavy atom. The highest BCUT2D eigenvalue weighted by atomic mass is 79.9. The number of aromatic nitrogens is 1. The summed E-state index contributed by atoms with van der Waals surface area (Å²) in [6, 6.07) is 1.14. The van der Waals surface area contributed by atoms with Crippen molar-refractivity contribution in [3.8, 4) is 0 Å². The molecule has 0 saturated heterocycles. The highest BCUT2D eigenvalue weighted by molar-refractivity contribution is 9.10. The molecule has 6 nitrogen and oxygen atoms in total. The van der Waals surface area contributed by atoms with Crippen LogP contribution in [0, 0.1) is 10.1 Å². The highest BCUT2D eigenvalue weighted by Crippen LogP contribution is 2.34. The maximum absolute atomic E-state index is 12.7. The maximum Gasteiger partial charge on any atom is 0.373 e. The third-order valence-corrected chi connectivity index (χ3v) is 2.72. The lowest BCUT2D eigenvalue weighted by Crippen LogP contribution is -2.11. The minimum absolute atomic E-state index is 0.0126. The third kappa shape index (κ3) is 3.91. The Morgan fingerprint density at radius 2 is 2.26 bits per heavy atom. The van der Waals surface area contributed by atoms with Crippen LogP contribution in [0.1, 0.15) is 24.6 Å². The van der Waals surface area contributed by atoms with Crippen LogP contribution in [0.4, 0.5) is 14.6 Å². The molecule has 1 heterocycles. The Balaban J connectivity index is 3.17. The first-order chi connectivity index (χ1) is 8.86. The van der Waals surface area contributed by atoms with E-state index < -0.39 is 28.7 Å². The number of nitro groups is 1. The van der Waals surface area contributed by atoms with Gasteiger partial charge in [-0.2, -0.15) is 0 Å². The van der Waals surface area contributed by atoms with Gasteiger partial charge in [-0.15, -0.1) is 0 Å². The van der Waals surface area contributed by atoms with Crippen LogP contribution in [0.5, 0.6) is 0 Å². The first kappa shape index (κ1) is 15.4. The molecule has 0 atom stereocenters. The van der Waals surface area contributed by atoms with Gasteiger partial charge < -0.3 is 14.9 Å². The van der Waals surface area contributed by atoms with Crippen LogP contribution in [0.15, 0.2) is 10.5 Å². The molecule has 19 heavy (non-hydrogen) atoms. The van der Waals surface area contributed by atoms with Gasteiger partial charge in [0.05, 0.1) is 6.61 Å². The Kier molecular flexibility index (Phi) is 5.28. The molecule has 0 amide bonds. The minimum Gasteiger partial charge on any atom is -0.466 e. The standard InChI is InChI=1S/C10H9BrF2N2O4/c1-2-19-7(16)4-5-3-6(11)8(9(12)13)10(14-5)15(17)18/h3,9H,2,4H2,1H3. The molecule has 0 aromatic carbocycles. The lowest BCUT2D eigenvalue weighted by atomic mass is 10.2. The van der Waals surface area contributed by atoms with E-state index in [9.17, 15) is 23.7 Å². The largest absolute Gasteiger partial charge is 0.466 e. The van der Waals surface area contributed by atoms with Gasteiger partial charge in [0.2, 0.25) is 0 Å². The van der Waals surface area contributed by atoms with E-state index >= 15 is 0 Å². The smallest absolute Gasteiger partial charge is 0.373 e. The number of nitrogens with zero attached hydrogens (tertiary/aromatic N) is 2. The Hall–Kier alpha value is -1.64. The molecule has 1 aromatic heterocycles. The molecule has 1 aromatic rings. The molecule has 0 unspecified atom stereocenters. The van der Waals surface area contributed by atoms with Gasteiger partial charge in [0.15, 0.2) is 5.69 Å². The summed E-state index contributed by atoms with van der Waals surface area (Å²) in [5, 5.41) is 10.7. The van der Waals surface area contributed by atoms with Crippen LogP contribution in [0.2, 0.25) is 0 Å². The average molecular weight is 339 g/mol. The van der Waals surface area contributed by atoms with Gasteiger partial charge in [0, 0.05) is 10.5 Å². The van der Waals surface area contributed by atoms with Gasteiger partial charge in [-0.25, -0.2) is 8.78 Å². The molecule has 0 radical (unpaired) electrons. The van der Waals surface area contributed by atoms with Crippen LogP contribution >= 0.6 is 15.9 Å². The van der Waals surface area contributed by atoms with Crippen molar-refractivity contribution in [3.05, 3.63) is 31.9 Å². The summed E-state index contributed by atoms with van der Waals surface area (Å²) in [6.07, 6.45) is -3.37. The Morgan fingerprint density at radius 1 is 1.63 bits per heavy atom. The second-order valence-corrected chi connectivity index (χ2v) is 4.23. The first-order valence-electron chi connectivity index (χ1n) is 5.14. The molecule has 0 fully saturated rings. The predicted octanol–water partition coefficient (Wildman–Crippen LogP) is 2.80. The SMILES string of the molecule is CCOC(=O)Cc1cc(Br)c(C(F)F)c([N+](=O)[O-])n1. The molecule has 0 aliphatic heterocycles. The first-order valence-corrected chi connectivity index (χ1v) is 5.93. The number of pyridine rings is 1. The lowest BCUT2D eigenvalue weighted by Gasteiger charge is -2.05. The molecule has 0 N–H and O–H groups in total. The summed E-state index contributed by atoms with van der Waals surface area (Å²) < 4.78 is 29.9. The summed E-state index contributed by atoms with van der Waals surface area (Å²) in [4.78, 5) is 24.4. The van der Waals surface area contributed by atoms with E-state index in [-0.39, 0.29) is 23.2 Å². The topological polar surface area (TPSA) is 82.3 Å². The summed E-state index contributed by atoms with van der Waals surface area (Å²) in [6.45, 7) is 1.75. The van der Waals surface area contributed by atoms with Crippen molar-refractivity contribution in [2.75, 3.05) is 6.61 Å². The van der Waals surface area contributed by atoms with Crippen LogP contribution in [0.3, 0.4) is 0 Å². The zero-order valence-electron chi connectivity index (χ0n) is 9.73. The lowest BCUT2D eigenvalue weighted by molar-refractivity contribution is -0.391. The molecule has 0 aliphatic carbocycles. The van der Waals surface area contributed by atoms with E-state index in [4.69, 9.17) is 0 Å². The molecule has 0 spiro atoms. The van der Waals surface area contributed by atoms with Gasteiger partial charge in [-0.1, -0.05) is 0 Å². The fourth-order valence-corrected chi connectivity index (χ4v) is 1.97. The maximum atomic E-state index is 12.7. The van der Waals surface area contributed by atoms with Gasteiger partial charge in [-0.05, 0) is 32.8 Å². The number of halogens is 3. The number of carbonyl (C=O) groups excluding carboxylic acids is 1. The van der Waals surface area contributed by atoms with Crippen molar-refractivity contribution in [1.29, 1.82) is 0 Å². The molecule has 1 rings (SSSR count). The second kappa shape index (κ2) is 6.50. The zero-order chi connectivity index (χ0) is 14.6. The van der Waals surface area contributed by atoms with Crippen LogP contribution < -0.4 is 0 Å². The summed E-state index contributed by atoms with van der Waals surface area (Å²) in [5.41, 5.74) is -0.820. The van der Waals surface area contributed by atoms with Gasteiger partial charge in [0.25, 0.3) is 6.43 Å². The van der Waals surface area contributed by atoms with Crippen molar-refractivity contribution in [2.45, 2.75) is 19.8 Å². The number of carbonyl (C=O) groups is 1. The van der Waals surface area contributed by atoms with Gasteiger partial charge in [-0.3, -0.25) is 4.79 Å². The van der Waals surface area contributed by atoms with E-state index in [1.807, 2.05) is 0 Å². The molecule has 0 saturated carbocycles. The predicted molar refractivity (Wildman–Crippen MR) is 63.9 cm³/mol.